The van der Waals surface area contributed by atoms with Crippen LogP contribution in [0.5, 0.6) is 0 Å². The molecule has 2 rings (SSSR count). The summed E-state index contributed by atoms with van der Waals surface area (Å²) < 4.78 is 1.75. The van der Waals surface area contributed by atoms with Gasteiger partial charge in [0, 0.05) is 12.1 Å². The summed E-state index contributed by atoms with van der Waals surface area (Å²) in [6.07, 6.45) is 2.11. The number of hydrogen-bond donors (Lipinski definition) is 1. The van der Waals surface area contributed by atoms with Crippen LogP contribution in [0.2, 0.25) is 5.02 Å². The van der Waals surface area contributed by atoms with Gasteiger partial charge in [0.25, 0.3) is 0 Å². The number of aryl methyl sites for hydroxylation is 1. The van der Waals surface area contributed by atoms with Crippen molar-refractivity contribution in [2.24, 2.45) is 0 Å². The van der Waals surface area contributed by atoms with Crippen LogP contribution in [0.3, 0.4) is 0 Å². The summed E-state index contributed by atoms with van der Waals surface area (Å²) in [4.78, 5) is 0. The molecule has 0 atom stereocenters. The lowest BCUT2D eigenvalue weighted by Crippen LogP contribution is -2.03. The lowest BCUT2D eigenvalue weighted by atomic mass is 10.2. The first-order chi connectivity index (χ1) is 8.24. The number of rotatable bonds is 4. The highest BCUT2D eigenvalue weighted by Crippen LogP contribution is 2.30. The zero-order valence-corrected chi connectivity index (χ0v) is 10.4. The normalized spacial score (nSPS) is 10.7. The van der Waals surface area contributed by atoms with E-state index in [4.69, 9.17) is 17.3 Å². The van der Waals surface area contributed by atoms with Gasteiger partial charge in [0.15, 0.2) is 5.82 Å². The molecule has 0 aliphatic heterocycles. The van der Waals surface area contributed by atoms with Gasteiger partial charge in [0.1, 0.15) is 0 Å². The highest BCUT2D eigenvalue weighted by Gasteiger charge is 2.13. The summed E-state index contributed by atoms with van der Waals surface area (Å²) in [7, 11) is 0. The molecule has 0 fully saturated rings. The quantitative estimate of drug-likeness (QED) is 0.847. The van der Waals surface area contributed by atoms with Gasteiger partial charge in [-0.2, -0.15) is 0 Å². The molecule has 6 heteroatoms. The average molecular weight is 252 g/mol. The number of halogens is 1. The van der Waals surface area contributed by atoms with Crippen molar-refractivity contribution in [3.8, 4) is 11.4 Å². The monoisotopic (exact) mass is 251 g/mol. The van der Waals surface area contributed by atoms with Crippen LogP contribution in [0.25, 0.3) is 11.4 Å². The molecule has 0 amide bonds. The van der Waals surface area contributed by atoms with Crippen LogP contribution in [0, 0.1) is 0 Å². The number of anilines is 1. The second-order valence-electron chi connectivity index (χ2n) is 3.79. The highest BCUT2D eigenvalue weighted by atomic mass is 35.5. The Balaban J connectivity index is 2.39. The summed E-state index contributed by atoms with van der Waals surface area (Å²) in [6, 6.07) is 5.47. The van der Waals surface area contributed by atoms with E-state index in [0.29, 0.717) is 16.5 Å². The van der Waals surface area contributed by atoms with E-state index in [1.165, 1.54) is 0 Å². The van der Waals surface area contributed by atoms with E-state index in [-0.39, 0.29) is 0 Å². The lowest BCUT2D eigenvalue weighted by molar-refractivity contribution is 0.557. The topological polar surface area (TPSA) is 69.6 Å². The van der Waals surface area contributed by atoms with Crippen molar-refractivity contribution >= 4 is 17.3 Å². The third kappa shape index (κ3) is 2.39. The van der Waals surface area contributed by atoms with Crippen molar-refractivity contribution in [2.45, 2.75) is 26.3 Å². The van der Waals surface area contributed by atoms with E-state index < -0.39 is 0 Å². The minimum Gasteiger partial charge on any atom is -0.398 e. The van der Waals surface area contributed by atoms with Crippen molar-refractivity contribution < 1.29 is 0 Å². The molecular weight excluding hydrogens is 238 g/mol. The van der Waals surface area contributed by atoms with Crippen molar-refractivity contribution in [1.29, 1.82) is 0 Å². The number of aromatic nitrogens is 4. The van der Waals surface area contributed by atoms with E-state index in [9.17, 15) is 0 Å². The standard InChI is InChI=1S/C11H14ClN5/c1-2-3-7-17-11(14-15-16-17)8-5-4-6-9(13)10(8)12/h4-6H,2-3,7,13H2,1H3. The largest absolute Gasteiger partial charge is 0.398 e. The van der Waals surface area contributed by atoms with Crippen LogP contribution >= 0.6 is 11.6 Å². The Bertz CT molecular complexity index is 508. The third-order valence-corrected chi connectivity index (χ3v) is 2.95. The Morgan fingerprint density at radius 1 is 1.41 bits per heavy atom. The zero-order chi connectivity index (χ0) is 12.3. The summed E-state index contributed by atoms with van der Waals surface area (Å²) in [5.74, 6) is 0.663. The highest BCUT2D eigenvalue weighted by molar-refractivity contribution is 6.35. The second-order valence-corrected chi connectivity index (χ2v) is 4.17. The fourth-order valence-corrected chi connectivity index (χ4v) is 1.79. The molecule has 0 aliphatic rings. The Hall–Kier alpha value is -1.62. The molecule has 2 N–H and O–H groups in total. The number of nitrogen functional groups attached to an aromatic ring is 1. The van der Waals surface area contributed by atoms with Crippen LogP contribution in [0.4, 0.5) is 5.69 Å². The molecule has 0 aliphatic carbocycles. The minimum atomic E-state index is 0.500. The number of hydrogen-bond acceptors (Lipinski definition) is 4. The molecular formula is C11H14ClN5. The van der Waals surface area contributed by atoms with Gasteiger partial charge < -0.3 is 5.73 Å². The van der Waals surface area contributed by atoms with Crippen LogP contribution in [-0.2, 0) is 6.54 Å². The molecule has 1 aromatic heterocycles. The van der Waals surface area contributed by atoms with Gasteiger partial charge in [0.2, 0.25) is 0 Å². The summed E-state index contributed by atoms with van der Waals surface area (Å²) >= 11 is 6.16. The van der Waals surface area contributed by atoms with Crippen molar-refractivity contribution in [2.75, 3.05) is 5.73 Å². The SMILES string of the molecule is CCCCn1nnnc1-c1cccc(N)c1Cl. The van der Waals surface area contributed by atoms with E-state index >= 15 is 0 Å². The average Bonchev–Trinajstić information content (AvgIpc) is 2.78. The third-order valence-electron chi connectivity index (χ3n) is 2.52. The first-order valence-corrected chi connectivity index (χ1v) is 5.92. The molecule has 0 saturated heterocycles. The van der Waals surface area contributed by atoms with Gasteiger partial charge in [-0.1, -0.05) is 31.0 Å². The Kier molecular flexibility index (Phi) is 3.58. The lowest BCUT2D eigenvalue weighted by Gasteiger charge is -2.06. The first kappa shape index (κ1) is 11.9. The predicted octanol–water partition coefficient (Wildman–Crippen LogP) is 2.38. The molecule has 0 bridgehead atoms. The molecule has 2 aromatic rings. The van der Waals surface area contributed by atoms with Crippen molar-refractivity contribution in [1.82, 2.24) is 20.2 Å². The van der Waals surface area contributed by atoms with Gasteiger partial charge in [-0.05, 0) is 29.0 Å². The molecule has 5 nitrogen and oxygen atoms in total. The maximum absolute atomic E-state index is 6.16. The van der Waals surface area contributed by atoms with Gasteiger partial charge in [-0.15, -0.1) is 5.10 Å². The Labute approximate surface area is 105 Å². The van der Waals surface area contributed by atoms with E-state index in [1.807, 2.05) is 12.1 Å². The van der Waals surface area contributed by atoms with Crippen LogP contribution in [0.1, 0.15) is 19.8 Å². The van der Waals surface area contributed by atoms with Crippen molar-refractivity contribution in [3.05, 3.63) is 23.2 Å². The molecule has 0 radical (unpaired) electrons. The van der Waals surface area contributed by atoms with Crippen LogP contribution < -0.4 is 5.73 Å². The molecule has 90 valence electrons. The minimum absolute atomic E-state index is 0.500. The number of benzene rings is 1. The molecule has 17 heavy (non-hydrogen) atoms. The van der Waals surface area contributed by atoms with E-state index in [0.717, 1.165) is 24.9 Å². The first-order valence-electron chi connectivity index (χ1n) is 5.54. The van der Waals surface area contributed by atoms with Crippen LogP contribution in [0.15, 0.2) is 18.2 Å². The molecule has 1 heterocycles. The summed E-state index contributed by atoms with van der Waals surface area (Å²) in [5, 5.41) is 12.1. The second kappa shape index (κ2) is 5.14. The van der Waals surface area contributed by atoms with Crippen LogP contribution in [-0.4, -0.2) is 20.2 Å². The number of tetrazole rings is 1. The number of nitrogens with two attached hydrogens (primary N) is 1. The fraction of sp³-hybridized carbons (Fsp3) is 0.364. The van der Waals surface area contributed by atoms with E-state index in [2.05, 4.69) is 22.4 Å². The molecule has 0 spiro atoms. The molecule has 0 saturated carbocycles. The summed E-state index contributed by atoms with van der Waals surface area (Å²) in [6.45, 7) is 2.90. The smallest absolute Gasteiger partial charge is 0.183 e. The Morgan fingerprint density at radius 3 is 3.00 bits per heavy atom. The van der Waals surface area contributed by atoms with Gasteiger partial charge in [0.05, 0.1) is 10.7 Å². The molecule has 1 aromatic carbocycles. The maximum atomic E-state index is 6.16. The predicted molar refractivity (Wildman–Crippen MR) is 67.6 cm³/mol. The Morgan fingerprint density at radius 2 is 2.24 bits per heavy atom. The number of nitrogens with zero attached hydrogens (tertiary/aromatic N) is 4. The van der Waals surface area contributed by atoms with Gasteiger partial charge in [-0.25, -0.2) is 4.68 Å². The summed E-state index contributed by atoms with van der Waals surface area (Å²) in [5.41, 5.74) is 7.07. The molecule has 0 unspecified atom stereocenters. The maximum Gasteiger partial charge on any atom is 0.183 e. The fourth-order valence-electron chi connectivity index (χ4n) is 1.58. The zero-order valence-electron chi connectivity index (χ0n) is 9.60. The number of unbranched alkanes of at least 4 members (excludes halogenated alkanes) is 1. The van der Waals surface area contributed by atoms with Crippen molar-refractivity contribution in [3.63, 3.8) is 0 Å². The van der Waals surface area contributed by atoms with Gasteiger partial charge in [-0.3, -0.25) is 0 Å². The van der Waals surface area contributed by atoms with E-state index in [1.54, 1.807) is 10.7 Å². The van der Waals surface area contributed by atoms with Gasteiger partial charge >= 0.3 is 0 Å².